The van der Waals surface area contributed by atoms with Crippen LogP contribution in [0.2, 0.25) is 0 Å². The van der Waals surface area contributed by atoms with E-state index in [4.69, 9.17) is 10.3 Å². The molecule has 1 aliphatic rings. The molecule has 0 aliphatic carbocycles. The van der Waals surface area contributed by atoms with Crippen molar-refractivity contribution in [2.45, 2.75) is 32.2 Å². The van der Waals surface area contributed by atoms with Crippen molar-refractivity contribution in [3.63, 3.8) is 0 Å². The fourth-order valence-electron chi connectivity index (χ4n) is 2.65. The predicted molar refractivity (Wildman–Crippen MR) is 79.5 cm³/mol. The van der Waals surface area contributed by atoms with Gasteiger partial charge in [-0.1, -0.05) is 17.6 Å². The van der Waals surface area contributed by atoms with E-state index in [1.54, 1.807) is 0 Å². The molecule has 3 heterocycles. The second-order valence-corrected chi connectivity index (χ2v) is 5.59. The summed E-state index contributed by atoms with van der Waals surface area (Å²) in [6.07, 6.45) is 3.81. The quantitative estimate of drug-likeness (QED) is 0.925. The highest BCUT2D eigenvalue weighted by Gasteiger charge is 2.20. The lowest BCUT2D eigenvalue weighted by molar-refractivity contribution is 0.213. The standard InChI is InChI=1S/C15H21N5O/c1-11-6-5-7-13(17-11)15-18-14(19-21-15)12(16)10-20-8-3-2-4-9-20/h5-7,12H,2-4,8-10,16H2,1H3. The molecule has 21 heavy (non-hydrogen) atoms. The molecule has 1 saturated heterocycles. The van der Waals surface area contributed by atoms with Crippen molar-refractivity contribution >= 4 is 0 Å². The van der Waals surface area contributed by atoms with Crippen molar-refractivity contribution < 1.29 is 4.52 Å². The maximum atomic E-state index is 6.20. The molecule has 0 saturated carbocycles. The number of aryl methyl sites for hydroxylation is 1. The van der Waals surface area contributed by atoms with Gasteiger partial charge in [0, 0.05) is 12.2 Å². The first-order chi connectivity index (χ1) is 10.2. The van der Waals surface area contributed by atoms with Crippen molar-refractivity contribution in [1.82, 2.24) is 20.0 Å². The van der Waals surface area contributed by atoms with E-state index in [9.17, 15) is 0 Å². The molecule has 1 aliphatic heterocycles. The van der Waals surface area contributed by atoms with Gasteiger partial charge in [-0.3, -0.25) is 0 Å². The summed E-state index contributed by atoms with van der Waals surface area (Å²) in [6.45, 7) is 4.93. The van der Waals surface area contributed by atoms with E-state index >= 15 is 0 Å². The monoisotopic (exact) mass is 287 g/mol. The Kier molecular flexibility index (Phi) is 4.26. The minimum atomic E-state index is -0.217. The molecule has 112 valence electrons. The van der Waals surface area contributed by atoms with Crippen molar-refractivity contribution in [3.05, 3.63) is 29.7 Å². The third kappa shape index (κ3) is 3.46. The number of nitrogens with two attached hydrogens (primary N) is 1. The van der Waals surface area contributed by atoms with Crippen LogP contribution in [0.1, 0.15) is 36.8 Å². The molecule has 0 aromatic carbocycles. The Morgan fingerprint density at radius 1 is 1.24 bits per heavy atom. The fourth-order valence-corrected chi connectivity index (χ4v) is 2.65. The van der Waals surface area contributed by atoms with Crippen LogP contribution in [0.5, 0.6) is 0 Å². The molecule has 6 heteroatoms. The first-order valence-electron chi connectivity index (χ1n) is 7.48. The molecule has 0 radical (unpaired) electrons. The first-order valence-corrected chi connectivity index (χ1v) is 7.48. The van der Waals surface area contributed by atoms with Gasteiger partial charge in [-0.25, -0.2) is 4.98 Å². The predicted octanol–water partition coefficient (Wildman–Crippen LogP) is 1.93. The number of likely N-dealkylation sites (tertiary alicyclic amines) is 1. The third-order valence-electron chi connectivity index (χ3n) is 3.78. The summed E-state index contributed by atoms with van der Waals surface area (Å²) in [6, 6.07) is 5.50. The molecule has 0 bridgehead atoms. The van der Waals surface area contributed by atoms with Gasteiger partial charge in [-0.05, 0) is 45.0 Å². The Bertz CT molecular complexity index is 591. The topological polar surface area (TPSA) is 81.1 Å². The summed E-state index contributed by atoms with van der Waals surface area (Å²) in [5.41, 5.74) is 7.81. The normalized spacial score (nSPS) is 17.8. The molecule has 2 N–H and O–H groups in total. The van der Waals surface area contributed by atoms with Gasteiger partial charge >= 0.3 is 0 Å². The summed E-state index contributed by atoms with van der Waals surface area (Å²) in [5, 5.41) is 4.01. The molecule has 2 aromatic rings. The van der Waals surface area contributed by atoms with E-state index < -0.39 is 0 Å². The van der Waals surface area contributed by atoms with E-state index in [1.165, 1.54) is 19.3 Å². The molecule has 1 fully saturated rings. The van der Waals surface area contributed by atoms with Gasteiger partial charge < -0.3 is 15.2 Å². The lowest BCUT2D eigenvalue weighted by Crippen LogP contribution is -2.36. The highest BCUT2D eigenvalue weighted by Crippen LogP contribution is 2.18. The molecule has 3 rings (SSSR count). The second kappa shape index (κ2) is 6.32. The van der Waals surface area contributed by atoms with Crippen molar-refractivity contribution in [2.75, 3.05) is 19.6 Å². The van der Waals surface area contributed by atoms with Gasteiger partial charge in [-0.2, -0.15) is 4.98 Å². The Hall–Kier alpha value is -1.79. The number of piperidine rings is 1. The van der Waals surface area contributed by atoms with Crippen LogP contribution >= 0.6 is 0 Å². The number of hydrogen-bond donors (Lipinski definition) is 1. The van der Waals surface area contributed by atoms with Crippen LogP contribution in [0.15, 0.2) is 22.7 Å². The third-order valence-corrected chi connectivity index (χ3v) is 3.78. The summed E-state index contributed by atoms with van der Waals surface area (Å²) >= 11 is 0. The number of hydrogen-bond acceptors (Lipinski definition) is 6. The smallest absolute Gasteiger partial charge is 0.276 e. The van der Waals surface area contributed by atoms with E-state index in [1.807, 2.05) is 25.1 Å². The molecule has 1 unspecified atom stereocenters. The Morgan fingerprint density at radius 2 is 2.05 bits per heavy atom. The summed E-state index contributed by atoms with van der Waals surface area (Å²) in [5.74, 6) is 0.988. The molecule has 2 aromatic heterocycles. The first kappa shape index (κ1) is 14.2. The second-order valence-electron chi connectivity index (χ2n) is 5.59. The average molecular weight is 287 g/mol. The van der Waals surface area contributed by atoms with Crippen LogP contribution in [-0.2, 0) is 0 Å². The Balaban J connectivity index is 1.69. The zero-order chi connectivity index (χ0) is 14.7. The summed E-state index contributed by atoms with van der Waals surface area (Å²) in [7, 11) is 0. The van der Waals surface area contributed by atoms with Gasteiger partial charge in [0.25, 0.3) is 5.89 Å². The number of nitrogens with zero attached hydrogens (tertiary/aromatic N) is 4. The van der Waals surface area contributed by atoms with Crippen LogP contribution in [0.3, 0.4) is 0 Å². The zero-order valence-electron chi connectivity index (χ0n) is 12.3. The molecular formula is C15H21N5O. The van der Waals surface area contributed by atoms with Gasteiger partial charge in [0.15, 0.2) is 5.82 Å². The van der Waals surface area contributed by atoms with Crippen LogP contribution in [0, 0.1) is 6.92 Å². The number of pyridine rings is 1. The summed E-state index contributed by atoms with van der Waals surface area (Å²) < 4.78 is 5.29. The number of rotatable bonds is 4. The van der Waals surface area contributed by atoms with Crippen LogP contribution in [0.25, 0.3) is 11.6 Å². The van der Waals surface area contributed by atoms with Gasteiger partial charge in [-0.15, -0.1) is 0 Å². The highest BCUT2D eigenvalue weighted by molar-refractivity contribution is 5.46. The van der Waals surface area contributed by atoms with E-state index in [-0.39, 0.29) is 6.04 Å². The van der Waals surface area contributed by atoms with E-state index in [0.29, 0.717) is 17.4 Å². The van der Waals surface area contributed by atoms with E-state index in [2.05, 4.69) is 20.0 Å². The lowest BCUT2D eigenvalue weighted by Gasteiger charge is -2.27. The van der Waals surface area contributed by atoms with Gasteiger partial charge in [0.2, 0.25) is 0 Å². The fraction of sp³-hybridized carbons (Fsp3) is 0.533. The highest BCUT2D eigenvalue weighted by atomic mass is 16.5. The molecule has 0 amide bonds. The van der Waals surface area contributed by atoms with Gasteiger partial charge in [0.1, 0.15) is 5.69 Å². The van der Waals surface area contributed by atoms with E-state index in [0.717, 1.165) is 25.3 Å². The maximum absolute atomic E-state index is 6.20. The zero-order valence-corrected chi connectivity index (χ0v) is 12.3. The average Bonchev–Trinajstić information content (AvgIpc) is 2.98. The minimum Gasteiger partial charge on any atom is -0.332 e. The van der Waals surface area contributed by atoms with Crippen LogP contribution in [0.4, 0.5) is 0 Å². The Labute approximate surface area is 124 Å². The molecule has 6 nitrogen and oxygen atoms in total. The van der Waals surface area contributed by atoms with Crippen molar-refractivity contribution in [3.8, 4) is 11.6 Å². The minimum absolute atomic E-state index is 0.217. The van der Waals surface area contributed by atoms with Crippen molar-refractivity contribution in [2.24, 2.45) is 5.73 Å². The number of aromatic nitrogens is 3. The lowest BCUT2D eigenvalue weighted by atomic mass is 10.1. The maximum Gasteiger partial charge on any atom is 0.276 e. The van der Waals surface area contributed by atoms with Crippen molar-refractivity contribution in [1.29, 1.82) is 0 Å². The molecular weight excluding hydrogens is 266 g/mol. The Morgan fingerprint density at radius 3 is 2.81 bits per heavy atom. The largest absolute Gasteiger partial charge is 0.332 e. The summed E-state index contributed by atoms with van der Waals surface area (Å²) in [4.78, 5) is 11.1. The molecule has 1 atom stereocenters. The molecule has 0 spiro atoms. The van der Waals surface area contributed by atoms with Crippen LogP contribution in [-0.4, -0.2) is 39.7 Å². The van der Waals surface area contributed by atoms with Crippen LogP contribution < -0.4 is 5.73 Å². The SMILES string of the molecule is Cc1cccc(-c2nc(C(N)CN3CCCCC3)no2)n1. The van der Waals surface area contributed by atoms with Gasteiger partial charge in [0.05, 0.1) is 6.04 Å².